The molecule has 0 heterocycles. The Labute approximate surface area is 77.2 Å². The summed E-state index contributed by atoms with van der Waals surface area (Å²) >= 11 is 0. The van der Waals surface area contributed by atoms with Crippen LogP contribution >= 0.6 is 0 Å². The first-order valence-corrected chi connectivity index (χ1v) is 3.82. The fraction of sp³-hybridized carbons (Fsp3) is 0.714. The van der Waals surface area contributed by atoms with Gasteiger partial charge in [-0.3, -0.25) is 10.1 Å². The molecule has 1 atom stereocenters. The molecule has 0 aliphatic carbocycles. The number of nitrogens with zero attached hydrogens (tertiary/aromatic N) is 1. The second-order valence-corrected chi connectivity index (χ2v) is 2.47. The van der Waals surface area contributed by atoms with Crippen LogP contribution in [0.5, 0.6) is 0 Å². The summed E-state index contributed by atoms with van der Waals surface area (Å²) in [6.07, 6.45) is 0. The molecule has 13 heavy (non-hydrogen) atoms. The van der Waals surface area contributed by atoms with Gasteiger partial charge in [-0.2, -0.15) is 5.06 Å². The molecule has 0 aromatic carbocycles. The number of imide groups is 1. The molecule has 0 aromatic rings. The number of urea groups is 1. The Bertz CT molecular complexity index is 195. The largest absolute Gasteiger partial charge is 0.341 e. The van der Waals surface area contributed by atoms with Crippen LogP contribution in [0.3, 0.4) is 0 Å². The van der Waals surface area contributed by atoms with E-state index in [0.29, 0.717) is 0 Å². The lowest BCUT2D eigenvalue weighted by molar-refractivity contribution is -0.157. The highest BCUT2D eigenvalue weighted by Gasteiger charge is 2.19. The molecule has 1 unspecified atom stereocenters. The minimum Gasteiger partial charge on any atom is -0.341 e. The summed E-state index contributed by atoms with van der Waals surface area (Å²) in [4.78, 5) is 26.7. The van der Waals surface area contributed by atoms with Gasteiger partial charge in [-0.1, -0.05) is 0 Å². The van der Waals surface area contributed by atoms with E-state index in [0.717, 1.165) is 0 Å². The number of nitrogens with one attached hydrogen (secondary N) is 2. The number of carbonyl (C=O) groups excluding carboxylic acids is 2. The zero-order chi connectivity index (χ0) is 10.4. The lowest BCUT2D eigenvalue weighted by Gasteiger charge is -2.20. The van der Waals surface area contributed by atoms with Gasteiger partial charge in [0.1, 0.15) is 6.04 Å². The lowest BCUT2D eigenvalue weighted by atomic mass is 10.3. The van der Waals surface area contributed by atoms with Crippen molar-refractivity contribution in [2.75, 3.05) is 21.2 Å². The van der Waals surface area contributed by atoms with Gasteiger partial charge in [0.2, 0.25) is 5.91 Å². The van der Waals surface area contributed by atoms with Gasteiger partial charge in [-0.15, -0.1) is 0 Å². The molecule has 0 saturated carbocycles. The quantitative estimate of drug-likeness (QED) is 0.577. The Kier molecular flexibility index (Phi) is 5.01. The van der Waals surface area contributed by atoms with Crippen molar-refractivity contribution in [1.82, 2.24) is 15.7 Å². The molecular formula is C7H15N3O3. The summed E-state index contributed by atoms with van der Waals surface area (Å²) in [6, 6.07) is -1.04. The molecule has 6 heteroatoms. The molecule has 0 aromatic heterocycles. The van der Waals surface area contributed by atoms with Crippen molar-refractivity contribution in [3.05, 3.63) is 0 Å². The van der Waals surface area contributed by atoms with Crippen LogP contribution in [0, 0.1) is 0 Å². The molecule has 3 amide bonds. The Balaban J connectivity index is 4.03. The Morgan fingerprint density at radius 3 is 2.38 bits per heavy atom. The van der Waals surface area contributed by atoms with E-state index in [1.54, 1.807) is 14.0 Å². The smallest absolute Gasteiger partial charge is 0.321 e. The lowest BCUT2D eigenvalue weighted by Crippen LogP contribution is -2.47. The second kappa shape index (κ2) is 5.50. The van der Waals surface area contributed by atoms with Gasteiger partial charge in [0.15, 0.2) is 0 Å². The third kappa shape index (κ3) is 3.86. The number of hydrogen-bond acceptors (Lipinski definition) is 4. The van der Waals surface area contributed by atoms with Crippen molar-refractivity contribution in [3.63, 3.8) is 0 Å². The molecule has 6 nitrogen and oxygen atoms in total. The maximum absolute atomic E-state index is 11.2. The normalized spacial score (nSPS) is 12.4. The first kappa shape index (κ1) is 11.9. The predicted octanol–water partition coefficient (Wildman–Crippen LogP) is -0.676. The average molecular weight is 189 g/mol. The molecule has 0 bridgehead atoms. The van der Waals surface area contributed by atoms with E-state index in [4.69, 9.17) is 4.84 Å². The molecule has 0 radical (unpaired) electrons. The minimum absolute atomic E-state index is 0.413. The number of amides is 3. The van der Waals surface area contributed by atoms with E-state index in [1.165, 1.54) is 19.2 Å². The third-order valence-corrected chi connectivity index (χ3v) is 1.68. The van der Waals surface area contributed by atoms with Crippen molar-refractivity contribution in [3.8, 4) is 0 Å². The first-order chi connectivity index (χ1) is 6.02. The van der Waals surface area contributed by atoms with Crippen LogP contribution in [0.4, 0.5) is 4.79 Å². The highest BCUT2D eigenvalue weighted by Crippen LogP contribution is 1.94. The van der Waals surface area contributed by atoms with Crippen LogP contribution in [-0.2, 0) is 9.63 Å². The Hall–Kier alpha value is -1.14. The standard InChI is InChI=1S/C7H15N3O3/c1-5(10(3)13-4)6(11)9-7(12)8-2/h5H,1-4H3,(H2,8,9,11,12). The van der Waals surface area contributed by atoms with Crippen LogP contribution < -0.4 is 10.6 Å². The number of hydroxylamine groups is 2. The van der Waals surface area contributed by atoms with Gasteiger partial charge in [-0.05, 0) is 6.92 Å². The summed E-state index contributed by atoms with van der Waals surface area (Å²) in [5.74, 6) is -0.413. The highest BCUT2D eigenvalue weighted by atomic mass is 16.7. The van der Waals surface area contributed by atoms with E-state index < -0.39 is 18.0 Å². The SMILES string of the molecule is CNC(=O)NC(=O)C(C)N(C)OC. The van der Waals surface area contributed by atoms with E-state index in [2.05, 4.69) is 10.6 Å². The van der Waals surface area contributed by atoms with E-state index >= 15 is 0 Å². The van der Waals surface area contributed by atoms with Gasteiger partial charge >= 0.3 is 6.03 Å². The predicted molar refractivity (Wildman–Crippen MR) is 46.8 cm³/mol. The molecule has 0 spiro atoms. The maximum Gasteiger partial charge on any atom is 0.321 e. The molecule has 0 saturated heterocycles. The first-order valence-electron chi connectivity index (χ1n) is 3.82. The summed E-state index contributed by atoms with van der Waals surface area (Å²) < 4.78 is 0. The topological polar surface area (TPSA) is 70.7 Å². The van der Waals surface area contributed by atoms with Crippen molar-refractivity contribution in [2.45, 2.75) is 13.0 Å². The van der Waals surface area contributed by atoms with Crippen LogP contribution in [0.25, 0.3) is 0 Å². The second-order valence-electron chi connectivity index (χ2n) is 2.47. The monoisotopic (exact) mass is 189 g/mol. The van der Waals surface area contributed by atoms with E-state index in [-0.39, 0.29) is 0 Å². The van der Waals surface area contributed by atoms with E-state index in [1.807, 2.05) is 0 Å². The number of rotatable bonds is 3. The van der Waals surface area contributed by atoms with Crippen LogP contribution in [0.15, 0.2) is 0 Å². The molecular weight excluding hydrogens is 174 g/mol. The van der Waals surface area contributed by atoms with Gasteiger partial charge in [0.05, 0.1) is 7.11 Å². The van der Waals surface area contributed by atoms with Gasteiger partial charge in [-0.25, -0.2) is 4.79 Å². The van der Waals surface area contributed by atoms with E-state index in [9.17, 15) is 9.59 Å². The van der Waals surface area contributed by atoms with Crippen LogP contribution in [0.2, 0.25) is 0 Å². The van der Waals surface area contributed by atoms with Crippen LogP contribution in [0.1, 0.15) is 6.92 Å². The maximum atomic E-state index is 11.2. The third-order valence-electron chi connectivity index (χ3n) is 1.68. The molecule has 2 N–H and O–H groups in total. The summed E-state index contributed by atoms with van der Waals surface area (Å²) in [5.41, 5.74) is 0. The molecule has 0 rings (SSSR count). The van der Waals surface area contributed by atoms with Crippen LogP contribution in [-0.4, -0.2) is 44.2 Å². The summed E-state index contributed by atoms with van der Waals surface area (Å²) in [5, 5.41) is 5.76. The summed E-state index contributed by atoms with van der Waals surface area (Å²) in [7, 11) is 4.49. The molecule has 0 aliphatic heterocycles. The fourth-order valence-electron chi connectivity index (χ4n) is 0.602. The minimum atomic E-state index is -0.527. The van der Waals surface area contributed by atoms with Gasteiger partial charge in [0.25, 0.3) is 0 Å². The van der Waals surface area contributed by atoms with Crippen molar-refractivity contribution in [2.24, 2.45) is 0 Å². The van der Waals surface area contributed by atoms with Crippen molar-refractivity contribution < 1.29 is 14.4 Å². The molecule has 0 aliphatic rings. The molecule has 0 fully saturated rings. The number of carbonyl (C=O) groups is 2. The van der Waals surface area contributed by atoms with Crippen molar-refractivity contribution >= 4 is 11.9 Å². The Morgan fingerprint density at radius 1 is 1.46 bits per heavy atom. The van der Waals surface area contributed by atoms with Crippen molar-refractivity contribution in [1.29, 1.82) is 0 Å². The number of hydrogen-bond donors (Lipinski definition) is 2. The summed E-state index contributed by atoms with van der Waals surface area (Å²) in [6.45, 7) is 1.63. The number of likely N-dealkylation sites (N-methyl/N-ethyl adjacent to an activating group) is 1. The fourth-order valence-corrected chi connectivity index (χ4v) is 0.602. The highest BCUT2D eigenvalue weighted by molar-refractivity contribution is 5.96. The zero-order valence-electron chi connectivity index (χ0n) is 8.25. The average Bonchev–Trinajstić information content (AvgIpc) is 2.14. The Morgan fingerprint density at radius 2 is 2.00 bits per heavy atom. The van der Waals surface area contributed by atoms with Gasteiger partial charge < -0.3 is 10.2 Å². The van der Waals surface area contributed by atoms with Gasteiger partial charge in [0, 0.05) is 14.1 Å². The zero-order valence-corrected chi connectivity index (χ0v) is 8.25. The molecule has 76 valence electrons.